The highest BCUT2D eigenvalue weighted by atomic mass is 16.5. The summed E-state index contributed by atoms with van der Waals surface area (Å²) in [5, 5.41) is 12.5. The van der Waals surface area contributed by atoms with Crippen molar-refractivity contribution in [2.24, 2.45) is 0 Å². The third-order valence-electron chi connectivity index (χ3n) is 7.49. The number of rotatable bonds is 13. The van der Waals surface area contributed by atoms with Crippen molar-refractivity contribution in [2.45, 2.75) is 51.5 Å². The van der Waals surface area contributed by atoms with Gasteiger partial charge in [0.2, 0.25) is 0 Å². The molecule has 3 aromatic carbocycles. The summed E-state index contributed by atoms with van der Waals surface area (Å²) >= 11 is 0. The predicted molar refractivity (Wildman–Crippen MR) is 157 cm³/mol. The average molecular weight is 570 g/mol. The van der Waals surface area contributed by atoms with Crippen molar-refractivity contribution in [1.82, 2.24) is 14.9 Å². The van der Waals surface area contributed by atoms with E-state index in [1.807, 2.05) is 65.2 Å². The molecular weight excluding hydrogens is 534 g/mol. The molecule has 5 rings (SSSR count). The smallest absolute Gasteiger partial charge is 0.407 e. The molecule has 4 aromatic rings. The number of hydrogen-bond donors (Lipinski definition) is 2. The number of amides is 1. The Morgan fingerprint density at radius 3 is 2.29 bits per heavy atom. The summed E-state index contributed by atoms with van der Waals surface area (Å²) in [5.41, 5.74) is 6.05. The van der Waals surface area contributed by atoms with Crippen LogP contribution in [0.3, 0.4) is 0 Å². The molecule has 1 aliphatic carbocycles. The van der Waals surface area contributed by atoms with Crippen molar-refractivity contribution in [3.05, 3.63) is 107 Å². The average Bonchev–Trinajstić information content (AvgIpc) is 3.54. The van der Waals surface area contributed by atoms with Gasteiger partial charge in [-0.15, -0.1) is 0 Å². The number of hydrogen-bond acceptors (Lipinski definition) is 6. The van der Waals surface area contributed by atoms with Crippen LogP contribution in [0.25, 0.3) is 11.1 Å². The second-order valence-corrected chi connectivity index (χ2v) is 10.2. The molecule has 0 saturated heterocycles. The number of alkyl carbamates (subject to hydrolysis) is 1. The summed E-state index contributed by atoms with van der Waals surface area (Å²) in [7, 11) is 1.62. The van der Waals surface area contributed by atoms with Crippen LogP contribution < -0.4 is 10.1 Å². The van der Waals surface area contributed by atoms with Crippen LogP contribution in [0.1, 0.15) is 47.5 Å². The first-order valence-corrected chi connectivity index (χ1v) is 14.1. The normalized spacial score (nSPS) is 12.8. The van der Waals surface area contributed by atoms with Crippen LogP contribution in [0.15, 0.2) is 79.0 Å². The van der Waals surface area contributed by atoms with Gasteiger partial charge in [-0.25, -0.2) is 14.6 Å². The minimum Gasteiger partial charge on any atom is -0.497 e. The topological polar surface area (TPSA) is 112 Å². The number of ether oxygens (including phenoxy) is 3. The van der Waals surface area contributed by atoms with E-state index in [9.17, 15) is 14.7 Å². The van der Waals surface area contributed by atoms with Crippen LogP contribution in [0.5, 0.6) is 5.75 Å². The van der Waals surface area contributed by atoms with Gasteiger partial charge in [0.25, 0.3) is 0 Å². The van der Waals surface area contributed by atoms with Gasteiger partial charge in [0.05, 0.1) is 13.7 Å². The van der Waals surface area contributed by atoms with Crippen molar-refractivity contribution in [2.75, 3.05) is 13.7 Å². The van der Waals surface area contributed by atoms with Crippen molar-refractivity contribution in [1.29, 1.82) is 0 Å². The maximum Gasteiger partial charge on any atom is 0.407 e. The van der Waals surface area contributed by atoms with Crippen LogP contribution in [0.2, 0.25) is 0 Å². The summed E-state index contributed by atoms with van der Waals surface area (Å²) in [6.45, 7) is 2.72. The molecule has 2 N–H and O–H groups in total. The lowest BCUT2D eigenvalue weighted by Gasteiger charge is -2.18. The number of carbonyl (C=O) groups is 2. The minimum atomic E-state index is -1.20. The quantitative estimate of drug-likeness (QED) is 0.217. The highest BCUT2D eigenvalue weighted by Gasteiger charge is 2.30. The zero-order valence-electron chi connectivity index (χ0n) is 23.8. The van der Waals surface area contributed by atoms with Crippen LogP contribution in [0, 0.1) is 0 Å². The Morgan fingerprint density at radius 1 is 1.00 bits per heavy atom. The van der Waals surface area contributed by atoms with Gasteiger partial charge in [0, 0.05) is 30.7 Å². The monoisotopic (exact) mass is 569 g/mol. The van der Waals surface area contributed by atoms with Crippen molar-refractivity contribution in [3.8, 4) is 16.9 Å². The van der Waals surface area contributed by atoms with E-state index >= 15 is 0 Å². The molecule has 9 nitrogen and oxygen atoms in total. The Labute approximate surface area is 245 Å². The lowest BCUT2D eigenvalue weighted by Crippen LogP contribution is -2.43. The number of methoxy groups -OCH3 is 1. The first kappa shape index (κ1) is 28.9. The molecule has 218 valence electrons. The molecular formula is C33H35N3O6. The number of aliphatic carboxylic acids is 1. The van der Waals surface area contributed by atoms with Gasteiger partial charge >= 0.3 is 12.1 Å². The number of imidazole rings is 1. The molecule has 0 aliphatic heterocycles. The number of carboxylic acids is 1. The molecule has 42 heavy (non-hydrogen) atoms. The van der Waals surface area contributed by atoms with Gasteiger partial charge in [-0.1, -0.05) is 67.6 Å². The van der Waals surface area contributed by atoms with E-state index in [2.05, 4.69) is 29.4 Å². The SMILES string of the molecule is CCCc1ncc(C[C@H](NC(=O)OCC2c3ccccc3-c3ccccc32)C(=O)O)n1COCc1ccc(OC)cc1. The maximum absolute atomic E-state index is 12.8. The molecule has 0 bridgehead atoms. The maximum atomic E-state index is 12.8. The molecule has 1 heterocycles. The van der Waals surface area contributed by atoms with E-state index in [1.165, 1.54) is 0 Å². The summed E-state index contributed by atoms with van der Waals surface area (Å²) in [5.74, 6) is 0.289. The molecule has 9 heteroatoms. The van der Waals surface area contributed by atoms with Gasteiger partial charge in [-0.2, -0.15) is 0 Å². The molecule has 0 saturated carbocycles. The number of fused-ring (bicyclic) bond motifs is 3. The Bertz CT molecular complexity index is 1490. The zero-order valence-corrected chi connectivity index (χ0v) is 23.8. The van der Waals surface area contributed by atoms with Crippen molar-refractivity contribution >= 4 is 12.1 Å². The van der Waals surface area contributed by atoms with E-state index < -0.39 is 18.1 Å². The number of nitrogens with zero attached hydrogens (tertiary/aromatic N) is 2. The molecule has 1 amide bonds. The standard InChI is InChI=1S/C33H35N3O6/c1-3-8-31-34-18-23(36(31)21-41-19-22-13-15-24(40-2)16-14-22)17-30(32(37)38)35-33(39)42-20-29-27-11-6-4-9-25(27)26-10-5-7-12-28(26)29/h4-7,9-16,18,29-30H,3,8,17,19-21H2,1-2H3,(H,35,39)(H,37,38)/t30-/m0/s1. The third kappa shape index (κ3) is 6.47. The van der Waals surface area contributed by atoms with Gasteiger partial charge in [-0.05, 0) is 46.4 Å². The highest BCUT2D eigenvalue weighted by Crippen LogP contribution is 2.44. The molecule has 0 unspecified atom stereocenters. The zero-order chi connectivity index (χ0) is 29.5. The second kappa shape index (κ2) is 13.4. The Morgan fingerprint density at radius 2 is 1.67 bits per heavy atom. The lowest BCUT2D eigenvalue weighted by molar-refractivity contribution is -0.139. The van der Waals surface area contributed by atoms with Crippen LogP contribution in [-0.4, -0.2) is 46.5 Å². The summed E-state index contributed by atoms with van der Waals surface area (Å²) in [6, 6.07) is 22.5. The fourth-order valence-corrected chi connectivity index (χ4v) is 5.37. The summed E-state index contributed by atoms with van der Waals surface area (Å²) < 4.78 is 18.6. The largest absolute Gasteiger partial charge is 0.497 e. The summed E-state index contributed by atoms with van der Waals surface area (Å²) in [4.78, 5) is 29.5. The number of nitrogens with one attached hydrogen (secondary N) is 1. The first-order chi connectivity index (χ1) is 20.5. The van der Waals surface area contributed by atoms with E-state index in [1.54, 1.807) is 13.3 Å². The van der Waals surface area contributed by atoms with Gasteiger partial charge < -0.3 is 29.2 Å². The second-order valence-electron chi connectivity index (χ2n) is 10.2. The van der Waals surface area contributed by atoms with E-state index in [4.69, 9.17) is 14.2 Å². The minimum absolute atomic E-state index is 0.0299. The van der Waals surface area contributed by atoms with Crippen LogP contribution >= 0.6 is 0 Å². The molecule has 1 aromatic heterocycles. The number of aromatic nitrogens is 2. The number of carboxylic acid groups (broad SMARTS) is 1. The highest BCUT2D eigenvalue weighted by molar-refractivity contribution is 5.81. The molecule has 1 atom stereocenters. The summed E-state index contributed by atoms with van der Waals surface area (Å²) in [6.07, 6.45) is 2.48. The van der Waals surface area contributed by atoms with Crippen molar-refractivity contribution in [3.63, 3.8) is 0 Å². The van der Waals surface area contributed by atoms with E-state index in [-0.39, 0.29) is 25.7 Å². The van der Waals surface area contributed by atoms with Gasteiger partial charge in [0.15, 0.2) is 0 Å². The van der Waals surface area contributed by atoms with E-state index in [0.29, 0.717) is 18.7 Å². The van der Waals surface area contributed by atoms with Crippen LogP contribution in [-0.2, 0) is 40.4 Å². The fourth-order valence-electron chi connectivity index (χ4n) is 5.37. The number of aryl methyl sites for hydroxylation is 1. The third-order valence-corrected chi connectivity index (χ3v) is 7.49. The van der Waals surface area contributed by atoms with Gasteiger partial charge in [0.1, 0.15) is 31.0 Å². The Balaban J connectivity index is 1.22. The Hall–Kier alpha value is -4.63. The predicted octanol–water partition coefficient (Wildman–Crippen LogP) is 5.55. The molecule has 0 spiro atoms. The Kier molecular flexibility index (Phi) is 9.18. The number of benzene rings is 3. The molecule has 0 fully saturated rings. The lowest BCUT2D eigenvalue weighted by atomic mass is 9.98. The van der Waals surface area contributed by atoms with Crippen molar-refractivity contribution < 1.29 is 28.9 Å². The van der Waals surface area contributed by atoms with E-state index in [0.717, 1.165) is 45.8 Å². The fraction of sp³-hybridized carbons (Fsp3) is 0.303. The van der Waals surface area contributed by atoms with Crippen LogP contribution in [0.4, 0.5) is 4.79 Å². The van der Waals surface area contributed by atoms with Gasteiger partial charge in [-0.3, -0.25) is 0 Å². The first-order valence-electron chi connectivity index (χ1n) is 14.1. The molecule has 0 radical (unpaired) electrons. The molecule has 1 aliphatic rings. The number of carbonyl (C=O) groups excluding carboxylic acids is 1.